The van der Waals surface area contributed by atoms with E-state index in [1.54, 1.807) is 0 Å². The van der Waals surface area contributed by atoms with Gasteiger partial charge in [0.15, 0.2) is 0 Å². The molecule has 0 saturated carbocycles. The fourth-order valence-corrected chi connectivity index (χ4v) is 3.55. The Hall–Kier alpha value is -2.10. The van der Waals surface area contributed by atoms with Gasteiger partial charge < -0.3 is 4.74 Å². The summed E-state index contributed by atoms with van der Waals surface area (Å²) in [5.74, 6) is -0.283. The minimum atomic E-state index is -0.283. The van der Waals surface area contributed by atoms with Crippen LogP contribution < -0.4 is 0 Å². The third-order valence-corrected chi connectivity index (χ3v) is 4.82. The van der Waals surface area contributed by atoms with Crippen molar-refractivity contribution in [2.75, 3.05) is 6.61 Å². The SMILES string of the molecule is CCOC(=O)c1cc(-c2ccccc2)c(-c2ccc(Cl)cc2)s1. The molecule has 0 radical (unpaired) electrons. The second-order valence-corrected chi connectivity index (χ2v) is 6.44. The summed E-state index contributed by atoms with van der Waals surface area (Å²) in [6, 6.07) is 19.6. The van der Waals surface area contributed by atoms with Gasteiger partial charge in [-0.2, -0.15) is 0 Å². The van der Waals surface area contributed by atoms with Gasteiger partial charge in [-0.1, -0.05) is 54.1 Å². The molecule has 3 aromatic rings. The molecule has 116 valence electrons. The Kier molecular flexibility index (Phi) is 4.79. The van der Waals surface area contributed by atoms with E-state index in [2.05, 4.69) is 0 Å². The highest BCUT2D eigenvalue weighted by atomic mass is 35.5. The van der Waals surface area contributed by atoms with E-state index in [1.165, 1.54) is 11.3 Å². The Morgan fingerprint density at radius 3 is 2.39 bits per heavy atom. The van der Waals surface area contributed by atoms with Crippen LogP contribution in [-0.4, -0.2) is 12.6 Å². The van der Waals surface area contributed by atoms with Gasteiger partial charge in [-0.25, -0.2) is 4.79 Å². The molecule has 0 N–H and O–H groups in total. The minimum absolute atomic E-state index is 0.283. The van der Waals surface area contributed by atoms with Crippen LogP contribution in [0.4, 0.5) is 0 Å². The van der Waals surface area contributed by atoms with Gasteiger partial charge in [0.25, 0.3) is 0 Å². The number of carbonyl (C=O) groups is 1. The van der Waals surface area contributed by atoms with Crippen LogP contribution in [-0.2, 0) is 4.74 Å². The number of thiophene rings is 1. The molecule has 0 amide bonds. The third-order valence-electron chi connectivity index (χ3n) is 3.40. The topological polar surface area (TPSA) is 26.3 Å². The molecule has 23 heavy (non-hydrogen) atoms. The van der Waals surface area contributed by atoms with Crippen LogP contribution >= 0.6 is 22.9 Å². The van der Waals surface area contributed by atoms with Crippen molar-refractivity contribution in [1.82, 2.24) is 0 Å². The number of rotatable bonds is 4. The standard InChI is InChI=1S/C19H15ClO2S/c1-2-22-19(21)17-12-16(13-6-4-3-5-7-13)18(23-17)14-8-10-15(20)11-9-14/h3-12H,2H2,1H3. The highest BCUT2D eigenvalue weighted by molar-refractivity contribution is 7.18. The largest absolute Gasteiger partial charge is 0.462 e. The molecule has 0 aliphatic carbocycles. The number of halogens is 1. The molecule has 0 aliphatic rings. The molecule has 0 spiro atoms. The second kappa shape index (κ2) is 6.99. The van der Waals surface area contributed by atoms with Crippen molar-refractivity contribution in [2.24, 2.45) is 0 Å². The lowest BCUT2D eigenvalue weighted by molar-refractivity contribution is 0.0532. The number of esters is 1. The zero-order valence-corrected chi connectivity index (χ0v) is 14.2. The van der Waals surface area contributed by atoms with Gasteiger partial charge in [0.1, 0.15) is 4.88 Å². The average molecular weight is 343 g/mol. The van der Waals surface area contributed by atoms with Crippen molar-refractivity contribution in [3.63, 3.8) is 0 Å². The molecule has 0 fully saturated rings. The first-order valence-corrected chi connectivity index (χ1v) is 8.51. The fourth-order valence-electron chi connectivity index (χ4n) is 2.34. The van der Waals surface area contributed by atoms with Crippen molar-refractivity contribution in [3.8, 4) is 21.6 Å². The van der Waals surface area contributed by atoms with E-state index in [-0.39, 0.29) is 5.97 Å². The monoisotopic (exact) mass is 342 g/mol. The van der Waals surface area contributed by atoms with Gasteiger partial charge in [0.2, 0.25) is 0 Å². The molecular formula is C19H15ClO2S. The number of hydrogen-bond acceptors (Lipinski definition) is 3. The molecule has 1 aromatic heterocycles. The van der Waals surface area contributed by atoms with Gasteiger partial charge in [-0.15, -0.1) is 11.3 Å². The maximum atomic E-state index is 12.1. The molecule has 2 nitrogen and oxygen atoms in total. The van der Waals surface area contributed by atoms with Gasteiger partial charge >= 0.3 is 5.97 Å². The molecule has 1 heterocycles. The Morgan fingerprint density at radius 1 is 1.04 bits per heavy atom. The molecule has 4 heteroatoms. The maximum Gasteiger partial charge on any atom is 0.348 e. The van der Waals surface area contributed by atoms with Crippen LogP contribution in [0.1, 0.15) is 16.6 Å². The van der Waals surface area contributed by atoms with Crippen LogP contribution in [0.15, 0.2) is 60.7 Å². The zero-order chi connectivity index (χ0) is 16.2. The second-order valence-electron chi connectivity index (χ2n) is 4.95. The van der Waals surface area contributed by atoms with Crippen LogP contribution in [0, 0.1) is 0 Å². The number of benzene rings is 2. The molecule has 0 atom stereocenters. The third kappa shape index (κ3) is 3.46. The summed E-state index contributed by atoms with van der Waals surface area (Å²) in [5.41, 5.74) is 3.14. The van der Waals surface area contributed by atoms with Gasteiger partial charge in [-0.3, -0.25) is 0 Å². The van der Waals surface area contributed by atoms with Crippen molar-refractivity contribution < 1.29 is 9.53 Å². The molecule has 3 rings (SSSR count). The lowest BCUT2D eigenvalue weighted by Crippen LogP contribution is -2.01. The van der Waals surface area contributed by atoms with Gasteiger partial charge in [-0.05, 0) is 36.2 Å². The Bertz CT molecular complexity index is 807. The summed E-state index contributed by atoms with van der Waals surface area (Å²) in [6.45, 7) is 2.18. The number of hydrogen-bond donors (Lipinski definition) is 0. The summed E-state index contributed by atoms with van der Waals surface area (Å²) in [7, 11) is 0. The predicted octanol–water partition coefficient (Wildman–Crippen LogP) is 5.91. The summed E-state index contributed by atoms with van der Waals surface area (Å²) in [5, 5.41) is 0.692. The first-order chi connectivity index (χ1) is 11.2. The van der Waals surface area contributed by atoms with Crippen molar-refractivity contribution in [1.29, 1.82) is 0 Å². The first-order valence-electron chi connectivity index (χ1n) is 7.31. The summed E-state index contributed by atoms with van der Waals surface area (Å²) in [4.78, 5) is 13.7. The Labute approximate surface area is 144 Å². The van der Waals surface area contributed by atoms with E-state index in [9.17, 15) is 4.79 Å². The average Bonchev–Trinajstić information content (AvgIpc) is 3.02. The fraction of sp³-hybridized carbons (Fsp3) is 0.105. The Balaban J connectivity index is 2.12. The maximum absolute atomic E-state index is 12.1. The smallest absolute Gasteiger partial charge is 0.348 e. The lowest BCUT2D eigenvalue weighted by Gasteiger charge is -2.04. The predicted molar refractivity (Wildman–Crippen MR) is 96.2 cm³/mol. The normalized spacial score (nSPS) is 10.5. The van der Waals surface area contributed by atoms with E-state index in [4.69, 9.17) is 16.3 Å². The Morgan fingerprint density at radius 2 is 1.74 bits per heavy atom. The minimum Gasteiger partial charge on any atom is -0.462 e. The van der Waals surface area contributed by atoms with Gasteiger partial charge in [0, 0.05) is 15.5 Å². The van der Waals surface area contributed by atoms with Crippen LogP contribution in [0.2, 0.25) is 5.02 Å². The zero-order valence-electron chi connectivity index (χ0n) is 12.6. The number of carbonyl (C=O) groups excluding carboxylic acids is 1. The molecule has 0 bridgehead atoms. The highest BCUT2D eigenvalue weighted by Gasteiger charge is 2.17. The summed E-state index contributed by atoms with van der Waals surface area (Å²) >= 11 is 7.43. The number of ether oxygens (including phenoxy) is 1. The van der Waals surface area contributed by atoms with E-state index >= 15 is 0 Å². The van der Waals surface area contributed by atoms with Crippen molar-refractivity contribution in [3.05, 3.63) is 70.6 Å². The van der Waals surface area contributed by atoms with Crippen LogP contribution in [0.5, 0.6) is 0 Å². The molecular weight excluding hydrogens is 328 g/mol. The molecule has 0 unspecified atom stereocenters. The summed E-state index contributed by atoms with van der Waals surface area (Å²) < 4.78 is 5.14. The molecule has 0 aliphatic heterocycles. The quantitative estimate of drug-likeness (QED) is 0.551. The molecule has 0 saturated heterocycles. The lowest BCUT2D eigenvalue weighted by atomic mass is 10.0. The van der Waals surface area contributed by atoms with Crippen LogP contribution in [0.25, 0.3) is 21.6 Å². The highest BCUT2D eigenvalue weighted by Crippen LogP contribution is 2.39. The van der Waals surface area contributed by atoms with Gasteiger partial charge in [0.05, 0.1) is 6.61 Å². The molecule has 2 aromatic carbocycles. The van der Waals surface area contributed by atoms with Crippen LogP contribution in [0.3, 0.4) is 0 Å². The first kappa shape index (κ1) is 15.8. The van der Waals surface area contributed by atoms with Crippen molar-refractivity contribution >= 4 is 28.9 Å². The van der Waals surface area contributed by atoms with Crippen molar-refractivity contribution in [2.45, 2.75) is 6.92 Å². The summed E-state index contributed by atoms with van der Waals surface area (Å²) in [6.07, 6.45) is 0. The van der Waals surface area contributed by atoms with E-state index in [0.717, 1.165) is 21.6 Å². The van der Waals surface area contributed by atoms with E-state index < -0.39 is 0 Å². The van der Waals surface area contributed by atoms with E-state index in [1.807, 2.05) is 67.6 Å². The van der Waals surface area contributed by atoms with E-state index in [0.29, 0.717) is 16.5 Å².